The van der Waals surface area contributed by atoms with Gasteiger partial charge in [0.1, 0.15) is 17.1 Å². The van der Waals surface area contributed by atoms with Crippen molar-refractivity contribution in [3.8, 4) is 11.5 Å². The van der Waals surface area contributed by atoms with Crippen LogP contribution in [0.4, 0.5) is 0 Å². The number of hydrogen-bond donors (Lipinski definition) is 0. The number of carbonyl (C=O) groups excluding carboxylic acids is 2. The zero-order valence-electron chi connectivity index (χ0n) is 15.1. The number of ketones is 1. The number of Topliss-reactive ketones (excluding diaryl/α,β-unsaturated/α-hetero) is 1. The van der Waals surface area contributed by atoms with Crippen molar-refractivity contribution in [1.29, 1.82) is 0 Å². The molecule has 0 unspecified atom stereocenters. The van der Waals surface area contributed by atoms with Crippen LogP contribution in [0.3, 0.4) is 0 Å². The highest BCUT2D eigenvalue weighted by molar-refractivity contribution is 6.03. The molecule has 0 saturated carbocycles. The van der Waals surface area contributed by atoms with E-state index in [0.29, 0.717) is 17.1 Å². The Morgan fingerprint density at radius 1 is 0.920 bits per heavy atom. The Balaban J connectivity index is 2.20. The maximum Gasteiger partial charge on any atom is 0.342 e. The lowest BCUT2D eigenvalue weighted by atomic mass is 9.99. The fourth-order valence-corrected chi connectivity index (χ4v) is 2.47. The number of benzene rings is 2. The molecule has 0 fully saturated rings. The minimum Gasteiger partial charge on any atom is -0.497 e. The Labute approximate surface area is 147 Å². The number of esters is 1. The lowest BCUT2D eigenvalue weighted by molar-refractivity contribution is 0.0315. The summed E-state index contributed by atoms with van der Waals surface area (Å²) in [4.78, 5) is 25.0. The zero-order chi connectivity index (χ0) is 18.6. The van der Waals surface area contributed by atoms with Gasteiger partial charge in [-0.3, -0.25) is 4.79 Å². The van der Waals surface area contributed by atoms with E-state index < -0.39 is 12.1 Å². The highest BCUT2D eigenvalue weighted by Gasteiger charge is 2.23. The highest BCUT2D eigenvalue weighted by atomic mass is 16.5. The van der Waals surface area contributed by atoms with Gasteiger partial charge in [-0.2, -0.15) is 0 Å². The summed E-state index contributed by atoms with van der Waals surface area (Å²) in [5, 5.41) is 0. The molecular formula is C20H22O5. The number of aryl methyl sites for hydroxylation is 2. The van der Waals surface area contributed by atoms with Gasteiger partial charge in [-0.1, -0.05) is 17.7 Å². The van der Waals surface area contributed by atoms with Crippen LogP contribution < -0.4 is 9.47 Å². The van der Waals surface area contributed by atoms with Crippen LogP contribution in [-0.2, 0) is 4.74 Å². The van der Waals surface area contributed by atoms with E-state index in [1.165, 1.54) is 14.2 Å². The van der Waals surface area contributed by atoms with Crippen LogP contribution in [0.2, 0.25) is 0 Å². The van der Waals surface area contributed by atoms with Gasteiger partial charge in [0.2, 0.25) is 5.78 Å². The van der Waals surface area contributed by atoms with Crippen molar-refractivity contribution >= 4 is 11.8 Å². The first-order chi connectivity index (χ1) is 11.9. The van der Waals surface area contributed by atoms with Gasteiger partial charge >= 0.3 is 5.97 Å². The topological polar surface area (TPSA) is 61.8 Å². The molecule has 132 valence electrons. The van der Waals surface area contributed by atoms with Crippen molar-refractivity contribution < 1.29 is 23.8 Å². The van der Waals surface area contributed by atoms with Crippen molar-refractivity contribution in [1.82, 2.24) is 0 Å². The van der Waals surface area contributed by atoms with Crippen molar-refractivity contribution in [3.05, 3.63) is 58.7 Å². The Bertz CT molecular complexity index is 795. The summed E-state index contributed by atoms with van der Waals surface area (Å²) >= 11 is 0. The van der Waals surface area contributed by atoms with E-state index in [-0.39, 0.29) is 11.3 Å². The monoisotopic (exact) mass is 342 g/mol. The number of carbonyl (C=O) groups is 2. The van der Waals surface area contributed by atoms with E-state index in [4.69, 9.17) is 14.2 Å². The number of rotatable bonds is 6. The van der Waals surface area contributed by atoms with E-state index in [0.717, 1.165) is 11.1 Å². The quantitative estimate of drug-likeness (QED) is 0.591. The van der Waals surface area contributed by atoms with Gasteiger partial charge in [-0.25, -0.2) is 4.79 Å². The SMILES string of the molecule is COc1ccc(C(=O)O[C@H](C)C(=O)c2cc(C)ccc2C)c(OC)c1. The Kier molecular flexibility index (Phi) is 5.80. The van der Waals surface area contributed by atoms with E-state index in [2.05, 4.69) is 0 Å². The molecule has 2 aromatic carbocycles. The summed E-state index contributed by atoms with van der Waals surface area (Å²) < 4.78 is 15.7. The Hall–Kier alpha value is -2.82. The number of methoxy groups -OCH3 is 2. The third-order valence-electron chi connectivity index (χ3n) is 3.94. The van der Waals surface area contributed by atoms with Gasteiger partial charge in [-0.05, 0) is 44.5 Å². The van der Waals surface area contributed by atoms with Crippen LogP contribution >= 0.6 is 0 Å². The first kappa shape index (κ1) is 18.5. The summed E-state index contributed by atoms with van der Waals surface area (Å²) in [6, 6.07) is 10.4. The third-order valence-corrected chi connectivity index (χ3v) is 3.94. The minimum atomic E-state index is -0.903. The third kappa shape index (κ3) is 4.18. The maximum absolute atomic E-state index is 12.6. The second-order valence-electron chi connectivity index (χ2n) is 5.80. The summed E-state index contributed by atoms with van der Waals surface area (Å²) in [6.45, 7) is 5.33. The molecule has 5 nitrogen and oxygen atoms in total. The molecule has 0 radical (unpaired) electrons. The maximum atomic E-state index is 12.6. The fraction of sp³-hybridized carbons (Fsp3) is 0.300. The molecule has 1 atom stereocenters. The minimum absolute atomic E-state index is 0.234. The van der Waals surface area contributed by atoms with Crippen molar-refractivity contribution in [2.45, 2.75) is 26.9 Å². The molecule has 0 bridgehead atoms. The van der Waals surface area contributed by atoms with E-state index in [9.17, 15) is 9.59 Å². The van der Waals surface area contributed by atoms with Crippen LogP contribution in [0, 0.1) is 13.8 Å². The molecule has 0 aliphatic rings. The predicted molar refractivity (Wildman–Crippen MR) is 94.7 cm³/mol. The molecule has 0 aliphatic carbocycles. The first-order valence-corrected chi connectivity index (χ1v) is 7.91. The zero-order valence-corrected chi connectivity index (χ0v) is 15.1. The largest absolute Gasteiger partial charge is 0.497 e. The first-order valence-electron chi connectivity index (χ1n) is 7.91. The molecule has 2 rings (SSSR count). The van der Waals surface area contributed by atoms with E-state index >= 15 is 0 Å². The number of hydrogen-bond acceptors (Lipinski definition) is 5. The molecule has 0 heterocycles. The molecule has 2 aromatic rings. The van der Waals surface area contributed by atoms with Gasteiger partial charge in [0.05, 0.1) is 14.2 Å². The summed E-state index contributed by atoms with van der Waals surface area (Å²) in [7, 11) is 2.98. The summed E-state index contributed by atoms with van der Waals surface area (Å²) in [5.74, 6) is 0.0383. The van der Waals surface area contributed by atoms with Gasteiger partial charge in [0.25, 0.3) is 0 Å². The van der Waals surface area contributed by atoms with Crippen molar-refractivity contribution in [2.75, 3.05) is 14.2 Å². The van der Waals surface area contributed by atoms with Crippen LogP contribution in [0.15, 0.2) is 36.4 Å². The van der Waals surface area contributed by atoms with Crippen LogP contribution in [0.25, 0.3) is 0 Å². The standard InChI is InChI=1S/C20H22O5/c1-12-6-7-13(2)17(10-12)19(21)14(3)25-20(22)16-9-8-15(23-4)11-18(16)24-5/h6-11,14H,1-5H3/t14-/m1/s1. The Morgan fingerprint density at radius 2 is 1.64 bits per heavy atom. The lowest BCUT2D eigenvalue weighted by Crippen LogP contribution is -2.25. The van der Waals surface area contributed by atoms with Gasteiger partial charge in [-0.15, -0.1) is 0 Å². The van der Waals surface area contributed by atoms with Crippen molar-refractivity contribution in [2.24, 2.45) is 0 Å². The van der Waals surface area contributed by atoms with E-state index in [1.54, 1.807) is 31.2 Å². The van der Waals surface area contributed by atoms with Crippen molar-refractivity contribution in [3.63, 3.8) is 0 Å². The molecule has 0 amide bonds. The molecule has 0 spiro atoms. The molecule has 0 aliphatic heterocycles. The smallest absolute Gasteiger partial charge is 0.342 e. The second kappa shape index (κ2) is 7.83. The average Bonchev–Trinajstić information content (AvgIpc) is 2.62. The Morgan fingerprint density at radius 3 is 2.28 bits per heavy atom. The average molecular weight is 342 g/mol. The normalized spacial score (nSPS) is 11.6. The second-order valence-corrected chi connectivity index (χ2v) is 5.80. The summed E-state index contributed by atoms with van der Waals surface area (Å²) in [6.07, 6.45) is -0.903. The molecule has 5 heteroatoms. The molecule has 0 aromatic heterocycles. The lowest BCUT2D eigenvalue weighted by Gasteiger charge is -2.15. The summed E-state index contributed by atoms with van der Waals surface area (Å²) in [5.41, 5.74) is 2.62. The van der Waals surface area contributed by atoms with Crippen LogP contribution in [0.1, 0.15) is 38.8 Å². The fourth-order valence-electron chi connectivity index (χ4n) is 2.47. The molecule has 0 N–H and O–H groups in total. The van der Waals surface area contributed by atoms with Gasteiger partial charge < -0.3 is 14.2 Å². The molecule has 25 heavy (non-hydrogen) atoms. The highest BCUT2D eigenvalue weighted by Crippen LogP contribution is 2.26. The van der Waals surface area contributed by atoms with Crippen LogP contribution in [-0.4, -0.2) is 32.1 Å². The predicted octanol–water partition coefficient (Wildman–Crippen LogP) is 3.75. The number of ether oxygens (including phenoxy) is 3. The van der Waals surface area contributed by atoms with Gasteiger partial charge in [0, 0.05) is 11.6 Å². The molecular weight excluding hydrogens is 320 g/mol. The molecule has 0 saturated heterocycles. The van der Waals surface area contributed by atoms with Crippen LogP contribution in [0.5, 0.6) is 11.5 Å². The van der Waals surface area contributed by atoms with E-state index in [1.807, 2.05) is 26.0 Å². The van der Waals surface area contributed by atoms with Gasteiger partial charge in [0.15, 0.2) is 6.10 Å².